The third kappa shape index (κ3) is 4.88. The molecule has 0 saturated carbocycles. The lowest BCUT2D eigenvalue weighted by atomic mass is 9.81. The van der Waals surface area contributed by atoms with Crippen molar-refractivity contribution in [2.24, 2.45) is 5.73 Å². The Kier molecular flexibility index (Phi) is 5.65. The molecule has 3 N–H and O–H groups in total. The average molecular weight is 327 g/mol. The molecule has 7 nitrogen and oxygen atoms in total. The van der Waals surface area contributed by atoms with Crippen LogP contribution in [0.3, 0.4) is 0 Å². The van der Waals surface area contributed by atoms with Crippen molar-refractivity contribution in [1.82, 2.24) is 5.32 Å². The number of carbonyl (C=O) groups excluding carboxylic acids is 1. The Morgan fingerprint density at radius 1 is 1.39 bits per heavy atom. The second-order valence-electron chi connectivity index (χ2n) is 6.51. The van der Waals surface area contributed by atoms with Gasteiger partial charge in [0.25, 0.3) is 5.69 Å². The van der Waals surface area contributed by atoms with E-state index in [9.17, 15) is 19.3 Å². The highest BCUT2D eigenvalue weighted by Gasteiger charge is 2.36. The van der Waals surface area contributed by atoms with Crippen molar-refractivity contribution >= 4 is 11.8 Å². The van der Waals surface area contributed by atoms with E-state index in [1.807, 2.05) is 0 Å². The average Bonchev–Trinajstić information content (AvgIpc) is 2.42. The van der Waals surface area contributed by atoms with Gasteiger partial charge in [-0.2, -0.15) is 0 Å². The summed E-state index contributed by atoms with van der Waals surface area (Å²) in [7, 11) is 0. The van der Waals surface area contributed by atoms with Crippen molar-refractivity contribution in [3.05, 3.63) is 39.7 Å². The van der Waals surface area contributed by atoms with Crippen LogP contribution < -0.4 is 11.1 Å². The van der Waals surface area contributed by atoms with Crippen LogP contribution in [0.4, 0.5) is 14.9 Å². The number of alkyl carbamates (subject to hydrolysis) is 1. The summed E-state index contributed by atoms with van der Waals surface area (Å²) in [6.45, 7) is 6.48. The van der Waals surface area contributed by atoms with Gasteiger partial charge in [-0.05, 0) is 26.8 Å². The van der Waals surface area contributed by atoms with Crippen LogP contribution in [0.15, 0.2) is 18.2 Å². The Morgan fingerprint density at radius 3 is 2.48 bits per heavy atom. The van der Waals surface area contributed by atoms with E-state index in [-0.39, 0.29) is 24.3 Å². The normalized spacial score (nSPS) is 14.0. The van der Waals surface area contributed by atoms with E-state index in [0.29, 0.717) is 0 Å². The first kappa shape index (κ1) is 18.8. The van der Waals surface area contributed by atoms with E-state index < -0.39 is 27.8 Å². The number of halogens is 1. The third-order valence-electron chi connectivity index (χ3n) is 3.26. The number of nitro groups is 1. The number of hydrogen-bond donors (Lipinski definition) is 2. The van der Waals surface area contributed by atoms with Gasteiger partial charge in [0.15, 0.2) is 0 Å². The fourth-order valence-corrected chi connectivity index (χ4v) is 2.11. The Bertz CT molecular complexity index is 601. The SMILES string of the molecule is CC(C)(C)OC(=O)NCC(C)(CN)c1c(F)cccc1[N+](=O)[O-]. The second-order valence-corrected chi connectivity index (χ2v) is 6.51. The van der Waals surface area contributed by atoms with Crippen molar-refractivity contribution in [1.29, 1.82) is 0 Å². The number of nitro benzene ring substituents is 1. The molecule has 0 bridgehead atoms. The molecule has 0 aliphatic carbocycles. The molecule has 1 aromatic rings. The summed E-state index contributed by atoms with van der Waals surface area (Å²) < 4.78 is 19.3. The van der Waals surface area contributed by atoms with Crippen LogP contribution in [0.2, 0.25) is 0 Å². The number of nitrogens with zero attached hydrogens (tertiary/aromatic N) is 1. The molecule has 1 atom stereocenters. The number of nitrogens with one attached hydrogen (secondary N) is 1. The van der Waals surface area contributed by atoms with Crippen molar-refractivity contribution < 1.29 is 18.8 Å². The zero-order chi connectivity index (χ0) is 17.8. The van der Waals surface area contributed by atoms with E-state index >= 15 is 0 Å². The van der Waals surface area contributed by atoms with Gasteiger partial charge in [-0.15, -0.1) is 0 Å². The molecule has 0 radical (unpaired) electrons. The molecule has 1 rings (SSSR count). The molecule has 0 spiro atoms. The molecule has 0 aliphatic heterocycles. The molecule has 1 unspecified atom stereocenters. The van der Waals surface area contributed by atoms with Gasteiger partial charge in [-0.3, -0.25) is 10.1 Å². The van der Waals surface area contributed by atoms with Crippen LogP contribution in [0.5, 0.6) is 0 Å². The molecule has 0 fully saturated rings. The van der Waals surface area contributed by atoms with Crippen molar-refractivity contribution in [3.8, 4) is 0 Å². The van der Waals surface area contributed by atoms with Gasteiger partial charge in [-0.1, -0.05) is 13.0 Å². The maximum absolute atomic E-state index is 14.2. The van der Waals surface area contributed by atoms with E-state index in [0.717, 1.165) is 6.07 Å². The van der Waals surface area contributed by atoms with Crippen molar-refractivity contribution in [2.75, 3.05) is 13.1 Å². The monoisotopic (exact) mass is 327 g/mol. The van der Waals surface area contributed by atoms with E-state index in [2.05, 4.69) is 5.32 Å². The molecule has 0 saturated heterocycles. The number of rotatable bonds is 5. The third-order valence-corrected chi connectivity index (χ3v) is 3.26. The second kappa shape index (κ2) is 6.91. The minimum atomic E-state index is -1.15. The first-order valence-corrected chi connectivity index (χ1v) is 7.10. The lowest BCUT2D eigenvalue weighted by Crippen LogP contribution is -2.46. The van der Waals surface area contributed by atoms with Gasteiger partial charge in [0.05, 0.1) is 10.5 Å². The van der Waals surface area contributed by atoms with Crippen LogP contribution >= 0.6 is 0 Å². The fourth-order valence-electron chi connectivity index (χ4n) is 2.11. The Hall–Kier alpha value is -2.22. The Morgan fingerprint density at radius 2 is 2.00 bits per heavy atom. The molecule has 0 heterocycles. The summed E-state index contributed by atoms with van der Waals surface area (Å²) in [6, 6.07) is 3.60. The molecule has 23 heavy (non-hydrogen) atoms. The van der Waals surface area contributed by atoms with Crippen molar-refractivity contribution in [2.45, 2.75) is 38.7 Å². The Balaban J connectivity index is 3.07. The molecule has 128 valence electrons. The molecule has 1 amide bonds. The van der Waals surface area contributed by atoms with E-state index in [1.165, 1.54) is 12.1 Å². The van der Waals surface area contributed by atoms with Gasteiger partial charge in [0.1, 0.15) is 11.4 Å². The van der Waals surface area contributed by atoms with Crippen LogP contribution in [-0.2, 0) is 10.2 Å². The maximum Gasteiger partial charge on any atom is 0.407 e. The number of benzene rings is 1. The van der Waals surface area contributed by atoms with E-state index in [4.69, 9.17) is 10.5 Å². The lowest BCUT2D eigenvalue weighted by molar-refractivity contribution is -0.386. The number of ether oxygens (including phenoxy) is 1. The highest BCUT2D eigenvalue weighted by molar-refractivity contribution is 5.68. The number of carbonyl (C=O) groups is 1. The fraction of sp³-hybridized carbons (Fsp3) is 0.533. The van der Waals surface area contributed by atoms with E-state index in [1.54, 1.807) is 27.7 Å². The van der Waals surface area contributed by atoms with Gasteiger partial charge in [0, 0.05) is 24.6 Å². The predicted octanol–water partition coefficient (Wildman–Crippen LogP) is 2.48. The zero-order valence-electron chi connectivity index (χ0n) is 13.7. The summed E-state index contributed by atoms with van der Waals surface area (Å²) in [4.78, 5) is 22.2. The summed E-state index contributed by atoms with van der Waals surface area (Å²) in [6.07, 6.45) is -0.698. The maximum atomic E-state index is 14.2. The predicted molar refractivity (Wildman–Crippen MR) is 83.7 cm³/mol. The highest BCUT2D eigenvalue weighted by Crippen LogP contribution is 2.33. The quantitative estimate of drug-likeness (QED) is 0.638. The summed E-state index contributed by atoms with van der Waals surface area (Å²) in [5.74, 6) is -0.738. The molecule has 1 aromatic carbocycles. The standard InChI is InChI=1S/C15H22FN3O4/c1-14(2,3)23-13(20)18-9-15(4,8-17)12-10(16)6-5-7-11(12)19(21)22/h5-7H,8-9,17H2,1-4H3,(H,18,20). The van der Waals surface area contributed by atoms with Crippen LogP contribution in [0.1, 0.15) is 33.3 Å². The molecule has 0 aliphatic rings. The van der Waals surface area contributed by atoms with Crippen LogP contribution in [-0.4, -0.2) is 29.7 Å². The zero-order valence-corrected chi connectivity index (χ0v) is 13.7. The van der Waals surface area contributed by atoms with Gasteiger partial charge < -0.3 is 15.8 Å². The molecule has 0 aromatic heterocycles. The van der Waals surface area contributed by atoms with Crippen molar-refractivity contribution in [3.63, 3.8) is 0 Å². The largest absolute Gasteiger partial charge is 0.444 e. The highest BCUT2D eigenvalue weighted by atomic mass is 19.1. The lowest BCUT2D eigenvalue weighted by Gasteiger charge is -2.29. The number of amides is 1. The molecular weight excluding hydrogens is 305 g/mol. The minimum absolute atomic E-state index is 0.0927. The Labute approximate surface area is 134 Å². The summed E-state index contributed by atoms with van der Waals surface area (Å²) >= 11 is 0. The van der Waals surface area contributed by atoms with Crippen LogP contribution in [0.25, 0.3) is 0 Å². The number of nitrogens with two attached hydrogens (primary N) is 1. The van der Waals surface area contributed by atoms with Gasteiger partial charge in [0.2, 0.25) is 0 Å². The minimum Gasteiger partial charge on any atom is -0.444 e. The topological polar surface area (TPSA) is 107 Å². The summed E-state index contributed by atoms with van der Waals surface area (Å²) in [5, 5.41) is 13.6. The van der Waals surface area contributed by atoms with Crippen LogP contribution in [0, 0.1) is 15.9 Å². The number of hydrogen-bond acceptors (Lipinski definition) is 5. The first-order chi connectivity index (χ1) is 10.5. The summed E-state index contributed by atoms with van der Waals surface area (Å²) in [5.41, 5.74) is 3.37. The molecular formula is C15H22FN3O4. The first-order valence-electron chi connectivity index (χ1n) is 7.10. The van der Waals surface area contributed by atoms with Gasteiger partial charge in [-0.25, -0.2) is 9.18 Å². The molecule has 8 heteroatoms. The smallest absolute Gasteiger partial charge is 0.407 e. The van der Waals surface area contributed by atoms with Gasteiger partial charge >= 0.3 is 6.09 Å².